The van der Waals surface area contributed by atoms with E-state index in [-0.39, 0.29) is 24.3 Å². The smallest absolute Gasteiger partial charge is 0.410 e. The predicted molar refractivity (Wildman–Crippen MR) is 85.7 cm³/mol. The SMILES string of the molecule is C=C(C)Oc1ccc(F)c(COC(=O)N2C(C)CNCC2C)c1. The summed E-state index contributed by atoms with van der Waals surface area (Å²) in [5.41, 5.74) is 0.271. The van der Waals surface area contributed by atoms with E-state index in [4.69, 9.17) is 9.47 Å². The van der Waals surface area contributed by atoms with Crippen LogP contribution >= 0.6 is 0 Å². The first-order valence-electron chi connectivity index (χ1n) is 7.66. The van der Waals surface area contributed by atoms with E-state index in [2.05, 4.69) is 11.9 Å². The molecular formula is C17H23FN2O3. The fraction of sp³-hybridized carbons (Fsp3) is 0.471. The third-order valence-corrected chi connectivity index (χ3v) is 3.70. The van der Waals surface area contributed by atoms with Gasteiger partial charge in [0, 0.05) is 30.7 Å². The molecule has 2 rings (SSSR count). The summed E-state index contributed by atoms with van der Waals surface area (Å²) in [4.78, 5) is 14.0. The van der Waals surface area contributed by atoms with Gasteiger partial charge in [0.2, 0.25) is 0 Å². The molecule has 1 fully saturated rings. The molecule has 0 aliphatic carbocycles. The molecule has 1 aliphatic heterocycles. The summed E-state index contributed by atoms with van der Waals surface area (Å²) in [7, 11) is 0. The van der Waals surface area contributed by atoms with Gasteiger partial charge < -0.3 is 19.7 Å². The highest BCUT2D eigenvalue weighted by Crippen LogP contribution is 2.20. The molecule has 1 amide bonds. The fourth-order valence-electron chi connectivity index (χ4n) is 2.63. The summed E-state index contributed by atoms with van der Waals surface area (Å²) < 4.78 is 24.5. The fourth-order valence-corrected chi connectivity index (χ4v) is 2.63. The Labute approximate surface area is 136 Å². The number of amides is 1. The van der Waals surface area contributed by atoms with Crippen molar-refractivity contribution in [3.8, 4) is 5.75 Å². The molecular weight excluding hydrogens is 299 g/mol. The first-order chi connectivity index (χ1) is 10.9. The Hall–Kier alpha value is -2.08. The number of hydrogen-bond acceptors (Lipinski definition) is 4. The minimum atomic E-state index is -0.437. The molecule has 1 aliphatic rings. The van der Waals surface area contributed by atoms with Crippen LogP contribution in [-0.2, 0) is 11.3 Å². The Kier molecular flexibility index (Phi) is 5.60. The first-order valence-corrected chi connectivity index (χ1v) is 7.66. The molecule has 0 saturated carbocycles. The number of carbonyl (C=O) groups is 1. The van der Waals surface area contributed by atoms with Gasteiger partial charge in [-0.1, -0.05) is 6.58 Å². The molecule has 1 aromatic rings. The van der Waals surface area contributed by atoms with Gasteiger partial charge in [0.05, 0.1) is 5.76 Å². The Morgan fingerprint density at radius 3 is 2.65 bits per heavy atom. The summed E-state index contributed by atoms with van der Waals surface area (Å²) in [6.45, 7) is 10.5. The molecule has 1 saturated heterocycles. The van der Waals surface area contributed by atoms with Gasteiger partial charge in [-0.25, -0.2) is 9.18 Å². The minimum absolute atomic E-state index is 0.0363. The molecule has 1 N–H and O–H groups in total. The second kappa shape index (κ2) is 7.46. The summed E-state index contributed by atoms with van der Waals surface area (Å²) in [6.07, 6.45) is -0.433. The van der Waals surface area contributed by atoms with Crippen LogP contribution in [0.3, 0.4) is 0 Å². The van der Waals surface area contributed by atoms with E-state index >= 15 is 0 Å². The number of piperazine rings is 1. The number of benzene rings is 1. The van der Waals surface area contributed by atoms with Crippen LogP contribution in [0, 0.1) is 5.82 Å². The predicted octanol–water partition coefficient (Wildman–Crippen LogP) is 3.06. The summed E-state index contributed by atoms with van der Waals surface area (Å²) in [5.74, 6) is 0.533. The average molecular weight is 322 g/mol. The Morgan fingerprint density at radius 2 is 2.04 bits per heavy atom. The van der Waals surface area contributed by atoms with Gasteiger partial charge >= 0.3 is 6.09 Å². The number of carbonyl (C=O) groups excluding carboxylic acids is 1. The monoisotopic (exact) mass is 322 g/mol. The van der Waals surface area contributed by atoms with Gasteiger partial charge in [-0.2, -0.15) is 0 Å². The van der Waals surface area contributed by atoms with Gasteiger partial charge in [-0.15, -0.1) is 0 Å². The van der Waals surface area contributed by atoms with Crippen LogP contribution in [0.15, 0.2) is 30.5 Å². The summed E-state index contributed by atoms with van der Waals surface area (Å²) >= 11 is 0. The number of hydrogen-bond donors (Lipinski definition) is 1. The van der Waals surface area contributed by atoms with Gasteiger partial charge in [0.15, 0.2) is 0 Å². The molecule has 0 bridgehead atoms. The lowest BCUT2D eigenvalue weighted by atomic mass is 10.1. The van der Waals surface area contributed by atoms with Crippen LogP contribution < -0.4 is 10.1 Å². The zero-order chi connectivity index (χ0) is 17.0. The van der Waals surface area contributed by atoms with Gasteiger partial charge in [-0.3, -0.25) is 0 Å². The van der Waals surface area contributed by atoms with Gasteiger partial charge in [-0.05, 0) is 39.0 Å². The van der Waals surface area contributed by atoms with Crippen molar-refractivity contribution in [3.05, 3.63) is 41.9 Å². The molecule has 5 nitrogen and oxygen atoms in total. The topological polar surface area (TPSA) is 50.8 Å². The summed E-state index contributed by atoms with van der Waals surface area (Å²) in [5, 5.41) is 3.24. The van der Waals surface area contributed by atoms with E-state index in [9.17, 15) is 9.18 Å². The Morgan fingerprint density at radius 1 is 1.39 bits per heavy atom. The molecule has 0 spiro atoms. The van der Waals surface area contributed by atoms with Crippen LogP contribution in [0.5, 0.6) is 5.75 Å². The van der Waals surface area contributed by atoms with Crippen LogP contribution in [0.4, 0.5) is 9.18 Å². The van der Waals surface area contributed by atoms with Crippen molar-refractivity contribution in [2.75, 3.05) is 13.1 Å². The zero-order valence-corrected chi connectivity index (χ0v) is 13.8. The number of rotatable bonds is 4. The highest BCUT2D eigenvalue weighted by atomic mass is 19.1. The maximum absolute atomic E-state index is 13.9. The lowest BCUT2D eigenvalue weighted by Gasteiger charge is -2.38. The van der Waals surface area contributed by atoms with Crippen LogP contribution in [-0.4, -0.2) is 36.2 Å². The number of halogens is 1. The molecule has 23 heavy (non-hydrogen) atoms. The molecule has 1 aromatic carbocycles. The quantitative estimate of drug-likeness (QED) is 0.866. The number of nitrogens with zero attached hydrogens (tertiary/aromatic N) is 1. The van der Waals surface area contributed by atoms with Crippen molar-refractivity contribution in [2.24, 2.45) is 0 Å². The maximum atomic E-state index is 13.9. The van der Waals surface area contributed by atoms with E-state index < -0.39 is 11.9 Å². The van der Waals surface area contributed by atoms with Crippen molar-refractivity contribution < 1.29 is 18.7 Å². The Bertz CT molecular complexity index is 581. The van der Waals surface area contributed by atoms with E-state index in [1.165, 1.54) is 18.2 Å². The van der Waals surface area contributed by atoms with Crippen molar-refractivity contribution in [1.29, 1.82) is 0 Å². The standard InChI is InChI=1S/C17H23FN2O3/c1-11(2)23-15-5-6-16(18)14(7-15)10-22-17(21)20-12(3)8-19-9-13(20)4/h5-7,12-13,19H,1,8-10H2,2-4H3. The minimum Gasteiger partial charge on any atom is -0.463 e. The van der Waals surface area contributed by atoms with Gasteiger partial charge in [0.1, 0.15) is 18.2 Å². The number of nitrogens with one attached hydrogen (secondary N) is 1. The summed E-state index contributed by atoms with van der Waals surface area (Å²) in [6, 6.07) is 4.39. The second-order valence-electron chi connectivity index (χ2n) is 5.88. The van der Waals surface area contributed by atoms with E-state index in [1.54, 1.807) is 11.8 Å². The molecule has 126 valence electrons. The van der Waals surface area contributed by atoms with Crippen molar-refractivity contribution in [3.63, 3.8) is 0 Å². The number of ether oxygens (including phenoxy) is 2. The molecule has 1 heterocycles. The van der Waals surface area contributed by atoms with E-state index in [0.717, 1.165) is 13.1 Å². The van der Waals surface area contributed by atoms with Crippen LogP contribution in [0.25, 0.3) is 0 Å². The number of allylic oxidation sites excluding steroid dienone is 1. The highest BCUT2D eigenvalue weighted by Gasteiger charge is 2.30. The van der Waals surface area contributed by atoms with Crippen LogP contribution in [0.2, 0.25) is 0 Å². The molecule has 0 radical (unpaired) electrons. The normalized spacial score (nSPS) is 21.0. The lowest BCUT2D eigenvalue weighted by Crippen LogP contribution is -2.57. The molecule has 0 aromatic heterocycles. The van der Waals surface area contributed by atoms with Crippen LogP contribution in [0.1, 0.15) is 26.3 Å². The third-order valence-electron chi connectivity index (χ3n) is 3.70. The maximum Gasteiger partial charge on any atom is 0.410 e. The molecule has 6 heteroatoms. The van der Waals surface area contributed by atoms with Crippen molar-refractivity contribution in [2.45, 2.75) is 39.5 Å². The largest absolute Gasteiger partial charge is 0.463 e. The van der Waals surface area contributed by atoms with E-state index in [0.29, 0.717) is 11.5 Å². The van der Waals surface area contributed by atoms with E-state index in [1.807, 2.05) is 13.8 Å². The first kappa shape index (κ1) is 17.3. The second-order valence-corrected chi connectivity index (χ2v) is 5.88. The lowest BCUT2D eigenvalue weighted by molar-refractivity contribution is 0.0557. The zero-order valence-electron chi connectivity index (χ0n) is 13.8. The van der Waals surface area contributed by atoms with Crippen molar-refractivity contribution >= 4 is 6.09 Å². The third kappa shape index (κ3) is 4.45. The highest BCUT2D eigenvalue weighted by molar-refractivity contribution is 5.68. The van der Waals surface area contributed by atoms with Gasteiger partial charge in [0.25, 0.3) is 0 Å². The average Bonchev–Trinajstić information content (AvgIpc) is 2.47. The van der Waals surface area contributed by atoms with Crippen molar-refractivity contribution in [1.82, 2.24) is 10.2 Å². The Balaban J connectivity index is 2.02. The molecule has 2 unspecified atom stereocenters. The molecule has 2 atom stereocenters.